The van der Waals surface area contributed by atoms with E-state index in [9.17, 15) is 18.0 Å². The topological polar surface area (TPSA) is 113 Å². The van der Waals surface area contributed by atoms with E-state index in [1.807, 2.05) is 4.90 Å². The van der Waals surface area contributed by atoms with E-state index in [1.165, 1.54) is 4.31 Å². The van der Waals surface area contributed by atoms with Crippen molar-refractivity contribution < 1.29 is 18.0 Å². The van der Waals surface area contributed by atoms with Gasteiger partial charge in [-0.05, 0) is 53.7 Å². The summed E-state index contributed by atoms with van der Waals surface area (Å²) in [4.78, 5) is 25.7. The Labute approximate surface area is 171 Å². The smallest absolute Gasteiger partial charge is 0.253 e. The van der Waals surface area contributed by atoms with E-state index in [4.69, 9.17) is 5.73 Å². The molecule has 0 aromatic carbocycles. The van der Waals surface area contributed by atoms with Gasteiger partial charge in [-0.2, -0.15) is 4.31 Å². The predicted octanol–water partition coefficient (Wildman–Crippen LogP) is 0.730. The van der Waals surface area contributed by atoms with Gasteiger partial charge in [0.25, 0.3) is 10.0 Å². The number of hydrogen-bond donors (Lipinski definition) is 2. The summed E-state index contributed by atoms with van der Waals surface area (Å²) in [6.07, 6.45) is 2.63. The van der Waals surface area contributed by atoms with E-state index in [-0.39, 0.29) is 28.6 Å². The van der Waals surface area contributed by atoms with Crippen molar-refractivity contribution in [1.82, 2.24) is 14.5 Å². The quantitative estimate of drug-likeness (QED) is 0.625. The van der Waals surface area contributed by atoms with Gasteiger partial charge in [0.2, 0.25) is 11.8 Å². The molecule has 2 amide bonds. The second-order valence-corrected chi connectivity index (χ2v) is 11.4. The van der Waals surface area contributed by atoms with Gasteiger partial charge in [0, 0.05) is 25.7 Å². The molecule has 1 atom stereocenters. The molecule has 0 aliphatic carbocycles. The Balaban J connectivity index is 1.60. The fourth-order valence-corrected chi connectivity index (χ4v) is 7.39. The van der Waals surface area contributed by atoms with Crippen molar-refractivity contribution in [3.63, 3.8) is 0 Å². The Kier molecular flexibility index (Phi) is 6.57. The van der Waals surface area contributed by atoms with Crippen LogP contribution in [0.2, 0.25) is 0 Å². The van der Waals surface area contributed by atoms with Gasteiger partial charge in [0.15, 0.2) is 0 Å². The standard InChI is InChI=1S/C16H23BrN4O4S2/c17-13-3-4-15(26-13)27(24,25)21-7-1-2-12(21)16(23)19-11-5-8-20(9-6-11)10-14(18)22/h3-4,11-12H,1-2,5-10H2,(H2,18,22)(H,19,23). The predicted molar refractivity (Wildman–Crippen MR) is 106 cm³/mol. The zero-order valence-electron chi connectivity index (χ0n) is 14.8. The molecule has 1 unspecified atom stereocenters. The van der Waals surface area contributed by atoms with Gasteiger partial charge in [0.1, 0.15) is 10.3 Å². The average Bonchev–Trinajstić information content (AvgIpc) is 3.25. The van der Waals surface area contributed by atoms with Gasteiger partial charge in [-0.3, -0.25) is 14.5 Å². The minimum atomic E-state index is -3.67. The fraction of sp³-hybridized carbons (Fsp3) is 0.625. The number of hydrogen-bond acceptors (Lipinski definition) is 6. The molecule has 2 fully saturated rings. The first-order valence-electron chi connectivity index (χ1n) is 8.85. The van der Waals surface area contributed by atoms with E-state index in [0.29, 0.717) is 32.5 Å². The molecule has 3 heterocycles. The number of primary amides is 1. The zero-order chi connectivity index (χ0) is 19.6. The number of likely N-dealkylation sites (tertiary alicyclic amines) is 1. The maximum absolute atomic E-state index is 12.9. The van der Waals surface area contributed by atoms with Gasteiger partial charge >= 0.3 is 0 Å². The van der Waals surface area contributed by atoms with Crippen molar-refractivity contribution in [3.8, 4) is 0 Å². The number of halogens is 1. The van der Waals surface area contributed by atoms with Gasteiger partial charge in [-0.15, -0.1) is 11.3 Å². The van der Waals surface area contributed by atoms with Crippen molar-refractivity contribution >= 4 is 49.1 Å². The molecule has 3 rings (SSSR count). The molecule has 3 N–H and O–H groups in total. The molecule has 27 heavy (non-hydrogen) atoms. The highest BCUT2D eigenvalue weighted by atomic mass is 79.9. The number of rotatable bonds is 6. The molecule has 0 spiro atoms. The van der Waals surface area contributed by atoms with Crippen LogP contribution in [0.4, 0.5) is 0 Å². The molecule has 11 heteroatoms. The highest BCUT2D eigenvalue weighted by molar-refractivity contribution is 9.11. The van der Waals surface area contributed by atoms with Crippen molar-refractivity contribution in [2.45, 2.75) is 42.0 Å². The highest BCUT2D eigenvalue weighted by Crippen LogP contribution is 2.32. The van der Waals surface area contributed by atoms with Crippen molar-refractivity contribution in [2.75, 3.05) is 26.2 Å². The Hall–Kier alpha value is -1.01. The van der Waals surface area contributed by atoms with Gasteiger partial charge in [0.05, 0.1) is 10.3 Å². The number of amides is 2. The first kappa shape index (κ1) is 20.7. The molecule has 150 valence electrons. The van der Waals surface area contributed by atoms with Crippen LogP contribution in [-0.2, 0) is 19.6 Å². The molecule has 8 nitrogen and oxygen atoms in total. The largest absolute Gasteiger partial charge is 0.369 e. The lowest BCUT2D eigenvalue weighted by Gasteiger charge is -2.32. The summed E-state index contributed by atoms with van der Waals surface area (Å²) < 4.78 is 28.1. The van der Waals surface area contributed by atoms with Crippen LogP contribution >= 0.6 is 27.3 Å². The van der Waals surface area contributed by atoms with E-state index >= 15 is 0 Å². The lowest BCUT2D eigenvalue weighted by atomic mass is 10.0. The van der Waals surface area contributed by atoms with Crippen LogP contribution in [0.1, 0.15) is 25.7 Å². The minimum Gasteiger partial charge on any atom is -0.369 e. The molecule has 0 radical (unpaired) electrons. The number of nitrogens with zero attached hydrogens (tertiary/aromatic N) is 2. The van der Waals surface area contributed by atoms with Crippen LogP contribution in [0.15, 0.2) is 20.1 Å². The molecular formula is C16H23BrN4O4S2. The summed E-state index contributed by atoms with van der Waals surface area (Å²) in [6.45, 7) is 1.95. The fourth-order valence-electron chi connectivity index (χ4n) is 3.59. The zero-order valence-corrected chi connectivity index (χ0v) is 18.0. The Bertz CT molecular complexity index is 805. The number of thiophene rings is 1. The Morgan fingerprint density at radius 3 is 2.52 bits per heavy atom. The summed E-state index contributed by atoms with van der Waals surface area (Å²) in [7, 11) is -3.67. The molecule has 1 aromatic heterocycles. The van der Waals surface area contributed by atoms with Crippen molar-refractivity contribution in [2.24, 2.45) is 5.73 Å². The lowest BCUT2D eigenvalue weighted by molar-refractivity contribution is -0.125. The van der Waals surface area contributed by atoms with Gasteiger partial charge < -0.3 is 11.1 Å². The van der Waals surface area contributed by atoms with Crippen LogP contribution in [0.3, 0.4) is 0 Å². The number of nitrogens with two attached hydrogens (primary N) is 1. The number of sulfonamides is 1. The normalized spacial score (nSPS) is 22.8. The summed E-state index contributed by atoms with van der Waals surface area (Å²) in [5, 5.41) is 3.00. The van der Waals surface area contributed by atoms with E-state index in [0.717, 1.165) is 28.0 Å². The van der Waals surface area contributed by atoms with Crippen molar-refractivity contribution in [3.05, 3.63) is 15.9 Å². The summed E-state index contributed by atoms with van der Waals surface area (Å²) in [5.74, 6) is -0.593. The second-order valence-electron chi connectivity index (χ2n) is 6.86. The summed E-state index contributed by atoms with van der Waals surface area (Å²) in [6, 6.07) is 2.58. The number of carbonyl (C=O) groups is 2. The van der Waals surface area contributed by atoms with Crippen LogP contribution < -0.4 is 11.1 Å². The molecule has 2 aliphatic rings. The molecule has 1 aromatic rings. The third-order valence-electron chi connectivity index (χ3n) is 4.93. The van der Waals surface area contributed by atoms with Crippen LogP contribution in [0.25, 0.3) is 0 Å². The minimum absolute atomic E-state index is 0.0114. The van der Waals surface area contributed by atoms with E-state index in [1.54, 1.807) is 12.1 Å². The maximum atomic E-state index is 12.9. The van der Waals surface area contributed by atoms with E-state index in [2.05, 4.69) is 21.2 Å². The first-order chi connectivity index (χ1) is 12.8. The third-order valence-corrected chi connectivity index (χ3v) is 8.93. The number of nitrogens with one attached hydrogen (secondary N) is 1. The summed E-state index contributed by atoms with van der Waals surface area (Å²) >= 11 is 4.43. The number of carbonyl (C=O) groups excluding carboxylic acids is 2. The maximum Gasteiger partial charge on any atom is 0.253 e. The molecule has 2 saturated heterocycles. The summed E-state index contributed by atoms with van der Waals surface area (Å²) in [5.41, 5.74) is 5.21. The first-order valence-corrected chi connectivity index (χ1v) is 11.9. The molecule has 0 bridgehead atoms. The Morgan fingerprint density at radius 2 is 1.93 bits per heavy atom. The molecular weight excluding hydrogens is 456 g/mol. The third kappa shape index (κ3) is 4.89. The lowest BCUT2D eigenvalue weighted by Crippen LogP contribution is -2.52. The average molecular weight is 479 g/mol. The van der Waals surface area contributed by atoms with Crippen LogP contribution in [0, 0.1) is 0 Å². The van der Waals surface area contributed by atoms with Gasteiger partial charge in [-0.25, -0.2) is 8.42 Å². The monoisotopic (exact) mass is 478 g/mol. The molecule has 0 saturated carbocycles. The highest BCUT2D eigenvalue weighted by Gasteiger charge is 2.40. The van der Waals surface area contributed by atoms with Gasteiger partial charge in [-0.1, -0.05) is 0 Å². The van der Waals surface area contributed by atoms with Crippen LogP contribution in [0.5, 0.6) is 0 Å². The second kappa shape index (κ2) is 8.56. The number of piperidine rings is 1. The van der Waals surface area contributed by atoms with Crippen LogP contribution in [-0.4, -0.2) is 67.7 Å². The van der Waals surface area contributed by atoms with Crippen molar-refractivity contribution in [1.29, 1.82) is 0 Å². The Morgan fingerprint density at radius 1 is 1.22 bits per heavy atom. The molecule has 2 aliphatic heterocycles. The SMILES string of the molecule is NC(=O)CN1CCC(NC(=O)C2CCCN2S(=O)(=O)c2ccc(Br)s2)CC1. The van der Waals surface area contributed by atoms with E-state index < -0.39 is 16.1 Å².